The van der Waals surface area contributed by atoms with Gasteiger partial charge in [-0.05, 0) is 24.3 Å². The Labute approximate surface area is 121 Å². The molecule has 5 heteroatoms. The van der Waals surface area contributed by atoms with Crippen molar-refractivity contribution >= 4 is 28.9 Å². The number of hydrogen-bond acceptors (Lipinski definition) is 3. The van der Waals surface area contributed by atoms with Gasteiger partial charge in [0.15, 0.2) is 11.5 Å². The van der Waals surface area contributed by atoms with Crippen molar-refractivity contribution in [3.63, 3.8) is 0 Å². The van der Waals surface area contributed by atoms with Crippen LogP contribution in [0, 0.1) is 0 Å². The normalized spacial score (nSPS) is 10.3. The number of methoxy groups -OCH3 is 1. The van der Waals surface area contributed by atoms with Gasteiger partial charge in [-0.25, -0.2) is 0 Å². The first-order chi connectivity index (χ1) is 9.11. The maximum absolute atomic E-state index is 9.96. The highest BCUT2D eigenvalue weighted by molar-refractivity contribution is 6.36. The summed E-state index contributed by atoms with van der Waals surface area (Å²) >= 11 is 11.9. The van der Waals surface area contributed by atoms with Crippen LogP contribution in [0.4, 0.5) is 5.69 Å². The summed E-state index contributed by atoms with van der Waals surface area (Å²) in [7, 11) is 1.52. The molecule has 0 fully saturated rings. The monoisotopic (exact) mass is 297 g/mol. The number of ether oxygens (including phenoxy) is 1. The summed E-state index contributed by atoms with van der Waals surface area (Å²) in [6.07, 6.45) is 0. The number of phenolic OH excluding ortho intramolecular Hbond substituents is 1. The lowest BCUT2D eigenvalue weighted by Crippen LogP contribution is -2.01. The number of benzene rings is 2. The molecule has 2 aromatic rings. The van der Waals surface area contributed by atoms with Gasteiger partial charge in [-0.1, -0.05) is 35.3 Å². The number of anilines is 1. The second kappa shape index (κ2) is 6.04. The van der Waals surface area contributed by atoms with Crippen LogP contribution in [0.2, 0.25) is 10.0 Å². The van der Waals surface area contributed by atoms with Crippen molar-refractivity contribution in [2.75, 3.05) is 12.4 Å². The van der Waals surface area contributed by atoms with E-state index in [9.17, 15) is 5.11 Å². The van der Waals surface area contributed by atoms with Crippen LogP contribution in [0.5, 0.6) is 11.5 Å². The van der Waals surface area contributed by atoms with E-state index in [-0.39, 0.29) is 5.75 Å². The van der Waals surface area contributed by atoms with Crippen LogP contribution >= 0.6 is 23.2 Å². The van der Waals surface area contributed by atoms with Crippen LogP contribution < -0.4 is 10.1 Å². The number of rotatable bonds is 4. The molecule has 3 nitrogen and oxygen atoms in total. The molecule has 19 heavy (non-hydrogen) atoms. The minimum Gasteiger partial charge on any atom is -0.504 e. The smallest absolute Gasteiger partial charge is 0.162 e. The summed E-state index contributed by atoms with van der Waals surface area (Å²) < 4.78 is 5.06. The van der Waals surface area contributed by atoms with Crippen LogP contribution in [0.25, 0.3) is 0 Å². The zero-order chi connectivity index (χ0) is 13.8. The second-order valence-corrected chi connectivity index (χ2v) is 4.79. The molecule has 0 aliphatic carbocycles. The van der Waals surface area contributed by atoms with Gasteiger partial charge in [-0.15, -0.1) is 0 Å². The van der Waals surface area contributed by atoms with Gasteiger partial charge >= 0.3 is 0 Å². The maximum atomic E-state index is 9.96. The molecule has 0 aromatic heterocycles. The second-order valence-electron chi connectivity index (χ2n) is 3.95. The molecule has 2 rings (SSSR count). The van der Waals surface area contributed by atoms with Crippen molar-refractivity contribution in [2.24, 2.45) is 0 Å². The average molecular weight is 298 g/mol. The van der Waals surface area contributed by atoms with E-state index >= 15 is 0 Å². The summed E-state index contributed by atoms with van der Waals surface area (Å²) in [6.45, 7) is 0.435. The molecule has 0 amide bonds. The number of aromatic hydroxyl groups is 1. The van der Waals surface area contributed by atoms with Crippen molar-refractivity contribution in [1.82, 2.24) is 0 Å². The van der Waals surface area contributed by atoms with Crippen LogP contribution in [0.1, 0.15) is 5.56 Å². The fourth-order valence-corrected chi connectivity index (χ4v) is 2.17. The third-order valence-corrected chi connectivity index (χ3v) is 3.25. The van der Waals surface area contributed by atoms with Crippen LogP contribution in [0.15, 0.2) is 36.4 Å². The Morgan fingerprint density at radius 2 is 2.00 bits per heavy atom. The van der Waals surface area contributed by atoms with Crippen LogP contribution in [-0.4, -0.2) is 12.2 Å². The first-order valence-corrected chi connectivity index (χ1v) is 6.41. The van der Waals surface area contributed by atoms with E-state index in [2.05, 4.69) is 5.32 Å². The Morgan fingerprint density at radius 1 is 1.21 bits per heavy atom. The lowest BCUT2D eigenvalue weighted by atomic mass is 10.2. The molecule has 2 N–H and O–H groups in total. The van der Waals surface area contributed by atoms with E-state index in [1.165, 1.54) is 7.11 Å². The summed E-state index contributed by atoms with van der Waals surface area (Å²) in [6, 6.07) is 10.5. The minimum atomic E-state index is 0.127. The van der Waals surface area contributed by atoms with Gasteiger partial charge in [-0.3, -0.25) is 0 Å². The van der Waals surface area contributed by atoms with Gasteiger partial charge in [0.1, 0.15) is 0 Å². The van der Waals surface area contributed by atoms with Gasteiger partial charge in [0.25, 0.3) is 0 Å². The third kappa shape index (κ3) is 3.25. The molecular formula is C14H13Cl2NO2. The SMILES string of the molecule is COc1cccc(CNc2ccc(Cl)cc2Cl)c1O. The van der Waals surface area contributed by atoms with Crippen LogP contribution in [0.3, 0.4) is 0 Å². The molecule has 100 valence electrons. The molecule has 0 radical (unpaired) electrons. The van der Waals surface area contributed by atoms with Gasteiger partial charge in [0, 0.05) is 17.1 Å². The lowest BCUT2D eigenvalue weighted by molar-refractivity contribution is 0.371. The van der Waals surface area contributed by atoms with Gasteiger partial charge in [-0.2, -0.15) is 0 Å². The van der Waals surface area contributed by atoms with Crippen molar-refractivity contribution < 1.29 is 9.84 Å². The fraction of sp³-hybridized carbons (Fsp3) is 0.143. The molecule has 0 bridgehead atoms. The maximum Gasteiger partial charge on any atom is 0.162 e. The van der Waals surface area contributed by atoms with E-state index in [0.29, 0.717) is 22.3 Å². The summed E-state index contributed by atoms with van der Waals surface area (Å²) in [5.74, 6) is 0.573. The Kier molecular flexibility index (Phi) is 4.40. The molecule has 2 aromatic carbocycles. The lowest BCUT2D eigenvalue weighted by Gasteiger charge is -2.11. The number of halogens is 2. The van der Waals surface area contributed by atoms with E-state index in [1.54, 1.807) is 24.3 Å². The first-order valence-electron chi connectivity index (χ1n) is 5.65. The fourth-order valence-electron chi connectivity index (χ4n) is 1.70. The molecule has 0 unspecified atom stereocenters. The quantitative estimate of drug-likeness (QED) is 0.883. The van der Waals surface area contributed by atoms with Crippen molar-refractivity contribution in [3.8, 4) is 11.5 Å². The average Bonchev–Trinajstić information content (AvgIpc) is 2.39. The summed E-state index contributed by atoms with van der Waals surface area (Å²) in [5.41, 5.74) is 1.48. The highest BCUT2D eigenvalue weighted by Crippen LogP contribution is 2.31. The molecule has 0 spiro atoms. The number of para-hydroxylation sites is 1. The predicted molar refractivity (Wildman–Crippen MR) is 78.4 cm³/mol. The van der Waals surface area contributed by atoms with E-state index in [0.717, 1.165) is 11.3 Å². The van der Waals surface area contributed by atoms with E-state index in [4.69, 9.17) is 27.9 Å². The van der Waals surface area contributed by atoms with Crippen molar-refractivity contribution in [3.05, 3.63) is 52.0 Å². The van der Waals surface area contributed by atoms with Gasteiger partial charge in [0.2, 0.25) is 0 Å². The summed E-state index contributed by atoms with van der Waals surface area (Å²) in [5, 5.41) is 14.2. The van der Waals surface area contributed by atoms with E-state index in [1.807, 2.05) is 12.1 Å². The topological polar surface area (TPSA) is 41.5 Å². The number of hydrogen-bond donors (Lipinski definition) is 2. The highest BCUT2D eigenvalue weighted by atomic mass is 35.5. The van der Waals surface area contributed by atoms with E-state index < -0.39 is 0 Å². The minimum absolute atomic E-state index is 0.127. The Bertz CT molecular complexity index is 588. The molecule has 0 atom stereocenters. The predicted octanol–water partition coefficient (Wildman–Crippen LogP) is 4.32. The zero-order valence-corrected chi connectivity index (χ0v) is 11.8. The zero-order valence-electron chi connectivity index (χ0n) is 10.3. The molecule has 0 saturated carbocycles. The number of phenols is 1. The largest absolute Gasteiger partial charge is 0.504 e. The number of nitrogens with one attached hydrogen (secondary N) is 1. The van der Waals surface area contributed by atoms with Crippen molar-refractivity contribution in [1.29, 1.82) is 0 Å². The Morgan fingerprint density at radius 3 is 2.68 bits per heavy atom. The van der Waals surface area contributed by atoms with Crippen molar-refractivity contribution in [2.45, 2.75) is 6.54 Å². The third-order valence-electron chi connectivity index (χ3n) is 2.70. The molecular weight excluding hydrogens is 285 g/mol. The Balaban J connectivity index is 2.14. The molecule has 0 heterocycles. The van der Waals surface area contributed by atoms with Crippen LogP contribution in [-0.2, 0) is 6.54 Å². The molecule has 0 saturated heterocycles. The Hall–Kier alpha value is -1.58. The van der Waals surface area contributed by atoms with Gasteiger partial charge in [0.05, 0.1) is 17.8 Å². The summed E-state index contributed by atoms with van der Waals surface area (Å²) in [4.78, 5) is 0. The molecule has 0 aliphatic heterocycles. The highest BCUT2D eigenvalue weighted by Gasteiger charge is 2.08. The standard InChI is InChI=1S/C14H13Cl2NO2/c1-19-13-4-2-3-9(14(13)18)8-17-12-6-5-10(15)7-11(12)16/h2-7,17-18H,8H2,1H3. The molecule has 0 aliphatic rings. The van der Waals surface area contributed by atoms with Gasteiger partial charge < -0.3 is 15.2 Å². The first kappa shape index (κ1) is 13.8.